The topological polar surface area (TPSA) is 35.5 Å². The molecular weight excluding hydrogens is 603 g/mol. The SMILES string of the molecule is CCCCCCCCCCOc1c(F)c(F)c(C(=O)Oc2c(F)c(F)c(I)c(F)c2F)c(F)c1F. The number of carbonyl (C=O) groups excluding carboxylic acids is 1. The van der Waals surface area contributed by atoms with Gasteiger partial charge >= 0.3 is 5.97 Å². The summed E-state index contributed by atoms with van der Waals surface area (Å²) >= 11 is 0.926. The van der Waals surface area contributed by atoms with E-state index in [1.54, 1.807) is 0 Å². The quantitative estimate of drug-likeness (QED) is 0.0455. The number of halogens is 9. The number of ether oxygens (including phenoxy) is 2. The molecular formula is C23H21F8IO3. The van der Waals surface area contributed by atoms with Crippen LogP contribution in [0.2, 0.25) is 0 Å². The molecule has 0 atom stereocenters. The molecule has 2 rings (SSSR count). The molecule has 3 nitrogen and oxygen atoms in total. The largest absolute Gasteiger partial charge is 0.487 e. The minimum atomic E-state index is -2.33. The Morgan fingerprint density at radius 3 is 1.54 bits per heavy atom. The fourth-order valence-corrected chi connectivity index (χ4v) is 3.62. The molecule has 2 aromatic carbocycles. The molecule has 0 heterocycles. The van der Waals surface area contributed by atoms with Gasteiger partial charge in [0.25, 0.3) is 0 Å². The number of carbonyl (C=O) groups is 1. The summed E-state index contributed by atoms with van der Waals surface area (Å²) in [4.78, 5) is 12.1. The molecule has 0 aliphatic rings. The second-order valence-electron chi connectivity index (χ2n) is 7.57. The van der Waals surface area contributed by atoms with Gasteiger partial charge in [-0.15, -0.1) is 0 Å². The molecule has 0 aliphatic heterocycles. The number of hydrogen-bond acceptors (Lipinski definition) is 3. The molecule has 0 spiro atoms. The van der Waals surface area contributed by atoms with E-state index in [2.05, 4.69) is 11.7 Å². The highest BCUT2D eigenvalue weighted by atomic mass is 127. The molecule has 0 unspecified atom stereocenters. The van der Waals surface area contributed by atoms with Gasteiger partial charge in [-0.3, -0.25) is 0 Å². The fraction of sp³-hybridized carbons (Fsp3) is 0.435. The van der Waals surface area contributed by atoms with Crippen molar-refractivity contribution in [2.75, 3.05) is 6.61 Å². The Hall–Kier alpha value is -2.12. The maximum absolute atomic E-state index is 14.4. The Labute approximate surface area is 209 Å². The zero-order valence-electron chi connectivity index (χ0n) is 18.5. The molecule has 0 fully saturated rings. The van der Waals surface area contributed by atoms with Crippen LogP contribution in [0, 0.1) is 50.1 Å². The van der Waals surface area contributed by atoms with Crippen molar-refractivity contribution in [1.29, 1.82) is 0 Å². The lowest BCUT2D eigenvalue weighted by Crippen LogP contribution is -2.19. The van der Waals surface area contributed by atoms with Gasteiger partial charge in [-0.2, -0.15) is 17.6 Å². The van der Waals surface area contributed by atoms with Crippen LogP contribution in [-0.2, 0) is 0 Å². The molecule has 0 bridgehead atoms. The Morgan fingerprint density at radius 1 is 0.629 bits per heavy atom. The Kier molecular flexibility index (Phi) is 11.0. The maximum atomic E-state index is 14.4. The summed E-state index contributed by atoms with van der Waals surface area (Å²) in [5, 5.41) is 0. The first-order valence-corrected chi connectivity index (χ1v) is 11.8. The van der Waals surface area contributed by atoms with Crippen molar-refractivity contribution in [2.24, 2.45) is 0 Å². The fourth-order valence-electron chi connectivity index (χ4n) is 3.15. The summed E-state index contributed by atoms with van der Waals surface area (Å²) in [5.41, 5.74) is -2.00. The van der Waals surface area contributed by atoms with Crippen LogP contribution in [0.4, 0.5) is 35.1 Å². The standard InChI is InChI=1S/C23H21F8IO3/c1-2-3-4-5-6-7-8-9-10-34-21-16(28)12(24)11(13(25)17(21)29)23(33)35-22-18(30)14(26)20(32)15(27)19(22)31/h2-10H2,1H3. The third-order valence-corrected chi connectivity index (χ3v) is 5.98. The minimum Gasteiger partial charge on any atom is -0.487 e. The van der Waals surface area contributed by atoms with Crippen molar-refractivity contribution in [3.05, 3.63) is 55.7 Å². The van der Waals surface area contributed by atoms with Crippen LogP contribution in [0.25, 0.3) is 0 Å². The van der Waals surface area contributed by atoms with Crippen molar-refractivity contribution in [1.82, 2.24) is 0 Å². The molecule has 0 aromatic heterocycles. The van der Waals surface area contributed by atoms with Gasteiger partial charge in [0.1, 0.15) is 5.56 Å². The lowest BCUT2D eigenvalue weighted by atomic mass is 10.1. The summed E-state index contributed by atoms with van der Waals surface area (Å²) in [6.07, 6.45) is 7.14. The summed E-state index contributed by atoms with van der Waals surface area (Å²) in [6, 6.07) is 0. The average Bonchev–Trinajstić information content (AvgIpc) is 2.83. The van der Waals surface area contributed by atoms with Crippen LogP contribution in [0.1, 0.15) is 68.6 Å². The van der Waals surface area contributed by atoms with Crippen molar-refractivity contribution in [2.45, 2.75) is 58.3 Å². The van der Waals surface area contributed by atoms with Gasteiger partial charge in [-0.1, -0.05) is 51.9 Å². The lowest BCUT2D eigenvalue weighted by Gasteiger charge is -2.13. The van der Waals surface area contributed by atoms with E-state index in [4.69, 9.17) is 4.74 Å². The second-order valence-corrected chi connectivity index (χ2v) is 8.65. The third-order valence-electron chi connectivity index (χ3n) is 5.04. The van der Waals surface area contributed by atoms with E-state index >= 15 is 0 Å². The van der Waals surface area contributed by atoms with Crippen molar-refractivity contribution >= 4 is 28.6 Å². The zero-order chi connectivity index (χ0) is 26.3. The molecule has 194 valence electrons. The number of esters is 1. The molecule has 2 aromatic rings. The highest BCUT2D eigenvalue weighted by Gasteiger charge is 2.34. The van der Waals surface area contributed by atoms with E-state index in [-0.39, 0.29) is 6.61 Å². The van der Waals surface area contributed by atoms with Crippen molar-refractivity contribution in [3.8, 4) is 11.5 Å². The van der Waals surface area contributed by atoms with E-state index in [1.165, 1.54) is 0 Å². The first kappa shape index (κ1) is 29.1. The Morgan fingerprint density at radius 2 is 1.06 bits per heavy atom. The van der Waals surface area contributed by atoms with Crippen LogP contribution in [0.3, 0.4) is 0 Å². The number of rotatable bonds is 12. The van der Waals surface area contributed by atoms with E-state index in [1.807, 2.05) is 0 Å². The van der Waals surface area contributed by atoms with Gasteiger partial charge in [-0.05, 0) is 29.0 Å². The molecule has 0 amide bonds. The van der Waals surface area contributed by atoms with Crippen molar-refractivity contribution < 1.29 is 49.4 Å². The monoisotopic (exact) mass is 624 g/mol. The second kappa shape index (κ2) is 13.3. The molecule has 0 radical (unpaired) electrons. The van der Waals surface area contributed by atoms with Gasteiger partial charge in [-0.25, -0.2) is 22.4 Å². The number of unbranched alkanes of at least 4 members (excludes halogenated alkanes) is 7. The van der Waals surface area contributed by atoms with Gasteiger partial charge in [0, 0.05) is 0 Å². The van der Waals surface area contributed by atoms with Crippen LogP contribution < -0.4 is 9.47 Å². The molecule has 0 saturated carbocycles. The first-order valence-electron chi connectivity index (χ1n) is 10.8. The van der Waals surface area contributed by atoms with Crippen LogP contribution in [0.5, 0.6) is 11.5 Å². The molecule has 0 aliphatic carbocycles. The van der Waals surface area contributed by atoms with Gasteiger partial charge in [0.15, 0.2) is 29.0 Å². The van der Waals surface area contributed by atoms with Crippen LogP contribution >= 0.6 is 22.6 Å². The molecule has 35 heavy (non-hydrogen) atoms. The lowest BCUT2D eigenvalue weighted by molar-refractivity contribution is 0.0703. The predicted octanol–water partition coefficient (Wildman–Crippen LogP) is 8.14. The zero-order valence-corrected chi connectivity index (χ0v) is 20.6. The predicted molar refractivity (Wildman–Crippen MR) is 118 cm³/mol. The normalized spacial score (nSPS) is 11.1. The van der Waals surface area contributed by atoms with Gasteiger partial charge in [0.2, 0.25) is 29.0 Å². The Bertz CT molecular complexity index is 1020. The number of hydrogen-bond donors (Lipinski definition) is 0. The average molecular weight is 624 g/mol. The minimum absolute atomic E-state index is 0.275. The highest BCUT2D eigenvalue weighted by Crippen LogP contribution is 2.34. The number of benzene rings is 2. The summed E-state index contributed by atoms with van der Waals surface area (Å²) in [6.45, 7) is 1.81. The summed E-state index contributed by atoms with van der Waals surface area (Å²) in [5.74, 6) is -22.7. The highest BCUT2D eigenvalue weighted by molar-refractivity contribution is 14.1. The molecule has 0 N–H and O–H groups in total. The Balaban J connectivity index is 2.14. The third kappa shape index (κ3) is 6.76. The van der Waals surface area contributed by atoms with Crippen LogP contribution in [-0.4, -0.2) is 12.6 Å². The molecule has 12 heteroatoms. The van der Waals surface area contributed by atoms with E-state index in [0.717, 1.165) is 61.1 Å². The van der Waals surface area contributed by atoms with Crippen LogP contribution in [0.15, 0.2) is 0 Å². The maximum Gasteiger partial charge on any atom is 0.349 e. The first-order chi connectivity index (χ1) is 16.5. The van der Waals surface area contributed by atoms with E-state index < -0.39 is 73.1 Å². The van der Waals surface area contributed by atoms with E-state index in [0.29, 0.717) is 12.8 Å². The van der Waals surface area contributed by atoms with Crippen molar-refractivity contribution in [3.63, 3.8) is 0 Å². The van der Waals surface area contributed by atoms with Gasteiger partial charge in [0.05, 0.1) is 10.2 Å². The molecule has 0 saturated heterocycles. The summed E-state index contributed by atoms with van der Waals surface area (Å²) in [7, 11) is 0. The van der Waals surface area contributed by atoms with Gasteiger partial charge < -0.3 is 9.47 Å². The smallest absolute Gasteiger partial charge is 0.349 e. The summed E-state index contributed by atoms with van der Waals surface area (Å²) < 4.78 is 120. The van der Waals surface area contributed by atoms with E-state index in [9.17, 15) is 39.9 Å².